The smallest absolute Gasteiger partial charge is 0.165 e. The molecule has 0 spiro atoms. The number of nitrogens with zero attached hydrogens (tertiary/aromatic N) is 1. The van der Waals surface area contributed by atoms with Gasteiger partial charge in [0.1, 0.15) is 18.5 Å². The van der Waals surface area contributed by atoms with E-state index < -0.39 is 6.10 Å². The van der Waals surface area contributed by atoms with Crippen LogP contribution in [0.3, 0.4) is 0 Å². The summed E-state index contributed by atoms with van der Waals surface area (Å²) in [5.74, 6) is 2.23. The molecule has 0 fully saturated rings. The number of benzene rings is 2. The van der Waals surface area contributed by atoms with Crippen molar-refractivity contribution >= 4 is 0 Å². The van der Waals surface area contributed by atoms with Crippen molar-refractivity contribution in [3.05, 3.63) is 54.1 Å². The van der Waals surface area contributed by atoms with Crippen molar-refractivity contribution in [2.75, 3.05) is 33.9 Å². The molecule has 5 nitrogen and oxygen atoms in total. The van der Waals surface area contributed by atoms with Crippen molar-refractivity contribution < 1.29 is 19.3 Å². The Hall–Kier alpha value is -2.24. The number of methoxy groups -OCH3 is 2. The Labute approximate surface area is 156 Å². The second kappa shape index (κ2) is 10.7. The molecule has 0 amide bonds. The van der Waals surface area contributed by atoms with Gasteiger partial charge in [0.2, 0.25) is 0 Å². The zero-order chi connectivity index (χ0) is 18.8. The molecular formula is C21H29NO4. The van der Waals surface area contributed by atoms with Crippen LogP contribution in [-0.4, -0.2) is 50.0 Å². The Morgan fingerprint density at radius 2 is 1.77 bits per heavy atom. The quantitative estimate of drug-likeness (QED) is 0.667. The highest BCUT2D eigenvalue weighted by atomic mass is 16.5. The third-order valence-electron chi connectivity index (χ3n) is 4.07. The number of hydrogen-bond acceptors (Lipinski definition) is 5. The van der Waals surface area contributed by atoms with Crippen LogP contribution in [0.2, 0.25) is 0 Å². The van der Waals surface area contributed by atoms with Gasteiger partial charge in [-0.1, -0.05) is 37.3 Å². The minimum atomic E-state index is -0.571. The molecule has 0 saturated carbocycles. The second-order valence-corrected chi connectivity index (χ2v) is 6.17. The molecule has 0 radical (unpaired) electrons. The number of aliphatic hydroxyl groups excluding tert-OH is 1. The maximum atomic E-state index is 10.4. The minimum absolute atomic E-state index is 0.263. The van der Waals surface area contributed by atoms with Crippen LogP contribution in [0.5, 0.6) is 17.2 Å². The monoisotopic (exact) mass is 359 g/mol. The van der Waals surface area contributed by atoms with Gasteiger partial charge < -0.3 is 19.3 Å². The highest BCUT2D eigenvalue weighted by molar-refractivity contribution is 5.46. The summed E-state index contributed by atoms with van der Waals surface area (Å²) >= 11 is 0. The third kappa shape index (κ3) is 5.93. The highest BCUT2D eigenvalue weighted by Crippen LogP contribution is 2.31. The normalized spacial score (nSPS) is 12.0. The molecule has 0 saturated heterocycles. The first-order valence-corrected chi connectivity index (χ1v) is 8.96. The van der Waals surface area contributed by atoms with E-state index in [0.29, 0.717) is 13.1 Å². The Morgan fingerprint density at radius 1 is 1.00 bits per heavy atom. The van der Waals surface area contributed by atoms with Gasteiger partial charge in [-0.3, -0.25) is 4.90 Å². The van der Waals surface area contributed by atoms with E-state index in [9.17, 15) is 5.11 Å². The van der Waals surface area contributed by atoms with Crippen molar-refractivity contribution in [1.29, 1.82) is 0 Å². The number of para-hydroxylation sites is 2. The standard InChI is InChI=1S/C21H29NO4/c1-4-13-22(14-17-9-8-12-20(24-2)21(17)25-3)15-18(23)16-26-19-10-6-5-7-11-19/h5-12,18,23H,4,13-16H2,1-3H3. The zero-order valence-corrected chi connectivity index (χ0v) is 15.9. The summed E-state index contributed by atoms with van der Waals surface area (Å²) < 4.78 is 16.5. The molecule has 0 heterocycles. The molecule has 0 bridgehead atoms. The van der Waals surface area contributed by atoms with Crippen LogP contribution in [0.4, 0.5) is 0 Å². The predicted octanol–water partition coefficient (Wildman–Crippen LogP) is 3.36. The third-order valence-corrected chi connectivity index (χ3v) is 4.07. The van der Waals surface area contributed by atoms with Gasteiger partial charge in [-0.2, -0.15) is 0 Å². The van der Waals surface area contributed by atoms with Crippen LogP contribution in [0.15, 0.2) is 48.5 Å². The fourth-order valence-corrected chi connectivity index (χ4v) is 2.93. The van der Waals surface area contributed by atoms with E-state index in [1.165, 1.54) is 0 Å². The van der Waals surface area contributed by atoms with E-state index in [2.05, 4.69) is 11.8 Å². The Balaban J connectivity index is 1.98. The average Bonchev–Trinajstić information content (AvgIpc) is 2.67. The van der Waals surface area contributed by atoms with Crippen molar-refractivity contribution in [2.24, 2.45) is 0 Å². The van der Waals surface area contributed by atoms with Crippen LogP contribution >= 0.6 is 0 Å². The maximum Gasteiger partial charge on any atom is 0.165 e. The van der Waals surface area contributed by atoms with E-state index >= 15 is 0 Å². The largest absolute Gasteiger partial charge is 0.493 e. The SMILES string of the molecule is CCCN(Cc1cccc(OC)c1OC)CC(O)COc1ccccc1. The molecule has 0 aliphatic carbocycles. The van der Waals surface area contributed by atoms with Crippen molar-refractivity contribution in [3.8, 4) is 17.2 Å². The molecule has 142 valence electrons. The number of aliphatic hydroxyl groups is 1. The lowest BCUT2D eigenvalue weighted by atomic mass is 10.1. The second-order valence-electron chi connectivity index (χ2n) is 6.17. The summed E-state index contributed by atoms with van der Waals surface area (Å²) in [7, 11) is 3.28. The molecular weight excluding hydrogens is 330 g/mol. The zero-order valence-electron chi connectivity index (χ0n) is 15.9. The van der Waals surface area contributed by atoms with Gasteiger partial charge in [0, 0.05) is 18.7 Å². The lowest BCUT2D eigenvalue weighted by molar-refractivity contribution is 0.0653. The summed E-state index contributed by atoms with van der Waals surface area (Å²) in [4.78, 5) is 2.20. The van der Waals surface area contributed by atoms with Crippen LogP contribution < -0.4 is 14.2 Å². The summed E-state index contributed by atoms with van der Waals surface area (Å²) in [6.45, 7) is 4.47. The number of hydrogen-bond donors (Lipinski definition) is 1. The molecule has 0 aromatic heterocycles. The molecule has 26 heavy (non-hydrogen) atoms. The maximum absolute atomic E-state index is 10.4. The van der Waals surface area contributed by atoms with Gasteiger partial charge in [-0.05, 0) is 31.2 Å². The van der Waals surface area contributed by atoms with E-state index in [1.807, 2.05) is 48.5 Å². The molecule has 2 aromatic rings. The first-order valence-electron chi connectivity index (χ1n) is 8.96. The Bertz CT molecular complexity index is 648. The van der Waals surface area contributed by atoms with E-state index in [0.717, 1.165) is 35.8 Å². The first kappa shape index (κ1) is 20.1. The summed E-state index contributed by atoms with van der Waals surface area (Å²) in [6.07, 6.45) is 0.428. The molecule has 1 unspecified atom stereocenters. The summed E-state index contributed by atoms with van der Waals surface area (Å²) in [6, 6.07) is 15.4. The fraction of sp³-hybridized carbons (Fsp3) is 0.429. The van der Waals surface area contributed by atoms with Crippen molar-refractivity contribution in [2.45, 2.75) is 26.0 Å². The van der Waals surface area contributed by atoms with E-state index in [1.54, 1.807) is 14.2 Å². The summed E-state index contributed by atoms with van der Waals surface area (Å²) in [5, 5.41) is 10.4. The Kier molecular flexibility index (Phi) is 8.25. The Morgan fingerprint density at radius 3 is 2.42 bits per heavy atom. The minimum Gasteiger partial charge on any atom is -0.493 e. The van der Waals surface area contributed by atoms with E-state index in [4.69, 9.17) is 14.2 Å². The van der Waals surface area contributed by atoms with Crippen LogP contribution in [0.25, 0.3) is 0 Å². The number of rotatable bonds is 11. The molecule has 0 aliphatic heterocycles. The summed E-state index contributed by atoms with van der Waals surface area (Å²) in [5.41, 5.74) is 1.04. The van der Waals surface area contributed by atoms with Crippen LogP contribution in [-0.2, 0) is 6.54 Å². The van der Waals surface area contributed by atoms with E-state index in [-0.39, 0.29) is 6.61 Å². The lowest BCUT2D eigenvalue weighted by Gasteiger charge is -2.26. The topological polar surface area (TPSA) is 51.2 Å². The fourth-order valence-electron chi connectivity index (χ4n) is 2.93. The molecule has 2 aromatic carbocycles. The molecule has 1 N–H and O–H groups in total. The molecule has 5 heteroatoms. The molecule has 1 atom stereocenters. The van der Waals surface area contributed by atoms with Crippen molar-refractivity contribution in [3.63, 3.8) is 0 Å². The van der Waals surface area contributed by atoms with Gasteiger partial charge in [0.05, 0.1) is 14.2 Å². The van der Waals surface area contributed by atoms with Gasteiger partial charge in [0.25, 0.3) is 0 Å². The van der Waals surface area contributed by atoms with Crippen molar-refractivity contribution in [1.82, 2.24) is 4.90 Å². The number of ether oxygens (including phenoxy) is 3. The van der Waals surface area contributed by atoms with Gasteiger partial charge >= 0.3 is 0 Å². The van der Waals surface area contributed by atoms with Gasteiger partial charge in [0.15, 0.2) is 11.5 Å². The average molecular weight is 359 g/mol. The van der Waals surface area contributed by atoms with Gasteiger partial charge in [-0.15, -0.1) is 0 Å². The van der Waals surface area contributed by atoms with Crippen LogP contribution in [0.1, 0.15) is 18.9 Å². The molecule has 0 aliphatic rings. The predicted molar refractivity (Wildman–Crippen MR) is 103 cm³/mol. The van der Waals surface area contributed by atoms with Crippen LogP contribution in [0, 0.1) is 0 Å². The highest BCUT2D eigenvalue weighted by Gasteiger charge is 2.16. The molecule has 2 rings (SSSR count). The first-order chi connectivity index (χ1) is 12.7. The lowest BCUT2D eigenvalue weighted by Crippen LogP contribution is -2.36. The van der Waals surface area contributed by atoms with Gasteiger partial charge in [-0.25, -0.2) is 0 Å².